The maximum absolute atomic E-state index is 12.9. The molecule has 130 valence electrons. The molecule has 1 fully saturated rings. The lowest BCUT2D eigenvalue weighted by molar-refractivity contribution is -0.129. The smallest absolute Gasteiger partial charge is 0.252 e. The molecule has 2 amide bonds. The average Bonchev–Trinajstić information content (AvgIpc) is 3.06. The lowest BCUT2D eigenvalue weighted by atomic mass is 10.1. The maximum atomic E-state index is 12.9. The van der Waals surface area contributed by atoms with Crippen LogP contribution < -0.4 is 5.73 Å². The zero-order chi connectivity index (χ0) is 18.0. The Kier molecular flexibility index (Phi) is 4.74. The van der Waals surface area contributed by atoms with E-state index in [1.165, 1.54) is 18.3 Å². The second kappa shape index (κ2) is 6.96. The van der Waals surface area contributed by atoms with Gasteiger partial charge in [-0.1, -0.05) is 12.1 Å². The average molecular weight is 342 g/mol. The standard InChI is InChI=1S/C18H19FN4O2/c1-11-15(17(20)25)9-21-18(22-11)13-6-7-23(10-13)16(24)8-12-2-4-14(19)5-3-12/h2-5,9,13H,6-8,10H2,1H3,(H2,20,25)/t13-/m0/s1. The van der Waals surface area contributed by atoms with Gasteiger partial charge >= 0.3 is 0 Å². The van der Waals surface area contributed by atoms with Crippen molar-refractivity contribution in [2.75, 3.05) is 13.1 Å². The van der Waals surface area contributed by atoms with Crippen LogP contribution in [-0.2, 0) is 11.2 Å². The van der Waals surface area contributed by atoms with E-state index in [2.05, 4.69) is 9.97 Å². The maximum Gasteiger partial charge on any atom is 0.252 e. The van der Waals surface area contributed by atoms with E-state index in [0.717, 1.165) is 12.0 Å². The molecule has 2 heterocycles. The van der Waals surface area contributed by atoms with Crippen LogP contribution in [0.15, 0.2) is 30.5 Å². The van der Waals surface area contributed by atoms with Gasteiger partial charge in [0.15, 0.2) is 0 Å². The number of hydrogen-bond donors (Lipinski definition) is 1. The second-order valence-electron chi connectivity index (χ2n) is 6.22. The van der Waals surface area contributed by atoms with Gasteiger partial charge in [0.25, 0.3) is 5.91 Å². The summed E-state index contributed by atoms with van der Waals surface area (Å²) in [5.74, 6) is -0.201. The normalized spacial score (nSPS) is 16.9. The predicted molar refractivity (Wildman–Crippen MR) is 89.3 cm³/mol. The Morgan fingerprint density at radius 3 is 2.68 bits per heavy atom. The summed E-state index contributed by atoms with van der Waals surface area (Å²) in [6.07, 6.45) is 2.46. The molecule has 6 nitrogen and oxygen atoms in total. The molecule has 0 bridgehead atoms. The van der Waals surface area contributed by atoms with Crippen LogP contribution in [0.3, 0.4) is 0 Å². The number of nitrogens with two attached hydrogens (primary N) is 1. The molecule has 1 aromatic heterocycles. The topological polar surface area (TPSA) is 89.2 Å². The molecular weight excluding hydrogens is 323 g/mol. The molecule has 2 aromatic rings. The minimum Gasteiger partial charge on any atom is -0.365 e. The van der Waals surface area contributed by atoms with Crippen LogP contribution in [0.2, 0.25) is 0 Å². The lowest BCUT2D eigenvalue weighted by Crippen LogP contribution is -2.30. The third kappa shape index (κ3) is 3.81. The highest BCUT2D eigenvalue weighted by molar-refractivity contribution is 5.93. The summed E-state index contributed by atoms with van der Waals surface area (Å²) in [5, 5.41) is 0. The highest BCUT2D eigenvalue weighted by Gasteiger charge is 2.29. The summed E-state index contributed by atoms with van der Waals surface area (Å²) in [7, 11) is 0. The first-order valence-corrected chi connectivity index (χ1v) is 8.09. The lowest BCUT2D eigenvalue weighted by Gasteiger charge is -2.16. The van der Waals surface area contributed by atoms with E-state index in [0.29, 0.717) is 30.2 Å². The van der Waals surface area contributed by atoms with E-state index in [9.17, 15) is 14.0 Å². The van der Waals surface area contributed by atoms with Crippen molar-refractivity contribution in [2.24, 2.45) is 5.73 Å². The molecule has 1 aliphatic heterocycles. The number of amides is 2. The van der Waals surface area contributed by atoms with Crippen LogP contribution in [0.5, 0.6) is 0 Å². The third-order valence-electron chi connectivity index (χ3n) is 4.44. The van der Waals surface area contributed by atoms with Gasteiger partial charge in [-0.2, -0.15) is 0 Å². The van der Waals surface area contributed by atoms with Crippen molar-refractivity contribution < 1.29 is 14.0 Å². The Labute approximate surface area is 144 Å². The monoisotopic (exact) mass is 342 g/mol. The molecule has 2 N–H and O–H groups in total. The molecule has 0 spiro atoms. The number of carbonyl (C=O) groups is 2. The Morgan fingerprint density at radius 2 is 2.04 bits per heavy atom. The van der Waals surface area contributed by atoms with Gasteiger partial charge < -0.3 is 10.6 Å². The fraction of sp³-hybridized carbons (Fsp3) is 0.333. The highest BCUT2D eigenvalue weighted by Crippen LogP contribution is 2.25. The first-order chi connectivity index (χ1) is 11.9. The number of nitrogens with zero attached hydrogens (tertiary/aromatic N) is 3. The van der Waals surface area contributed by atoms with Crippen LogP contribution in [0, 0.1) is 12.7 Å². The molecular formula is C18H19FN4O2. The van der Waals surface area contributed by atoms with E-state index in [1.54, 1.807) is 24.0 Å². The number of halogens is 1. The number of likely N-dealkylation sites (tertiary alicyclic amines) is 1. The zero-order valence-corrected chi connectivity index (χ0v) is 13.9. The fourth-order valence-corrected chi connectivity index (χ4v) is 3.01. The molecule has 1 atom stereocenters. The summed E-state index contributed by atoms with van der Waals surface area (Å²) >= 11 is 0. The first-order valence-electron chi connectivity index (χ1n) is 8.09. The molecule has 0 radical (unpaired) electrons. The van der Waals surface area contributed by atoms with E-state index in [-0.39, 0.29) is 24.1 Å². The van der Waals surface area contributed by atoms with Gasteiger partial charge in [-0.05, 0) is 31.0 Å². The number of aryl methyl sites for hydroxylation is 1. The fourth-order valence-electron chi connectivity index (χ4n) is 3.01. The van der Waals surface area contributed by atoms with Crippen LogP contribution >= 0.6 is 0 Å². The highest BCUT2D eigenvalue weighted by atomic mass is 19.1. The largest absolute Gasteiger partial charge is 0.365 e. The first kappa shape index (κ1) is 17.0. The number of rotatable bonds is 4. The minimum atomic E-state index is -0.549. The molecule has 1 aromatic carbocycles. The molecule has 0 aliphatic carbocycles. The van der Waals surface area contributed by atoms with Crippen molar-refractivity contribution >= 4 is 11.8 Å². The summed E-state index contributed by atoms with van der Waals surface area (Å²) in [6, 6.07) is 5.95. The van der Waals surface area contributed by atoms with Crippen LogP contribution in [0.1, 0.15) is 39.8 Å². The van der Waals surface area contributed by atoms with E-state index >= 15 is 0 Å². The third-order valence-corrected chi connectivity index (χ3v) is 4.44. The molecule has 7 heteroatoms. The minimum absolute atomic E-state index is 0.000383. The Hall–Kier alpha value is -2.83. The number of primary amides is 1. The Bertz CT molecular complexity index is 807. The van der Waals surface area contributed by atoms with Crippen molar-refractivity contribution in [1.29, 1.82) is 0 Å². The predicted octanol–water partition coefficient (Wildman–Crippen LogP) is 1.58. The van der Waals surface area contributed by atoms with Crippen LogP contribution in [-0.4, -0.2) is 39.8 Å². The van der Waals surface area contributed by atoms with Gasteiger partial charge in [0.2, 0.25) is 5.91 Å². The van der Waals surface area contributed by atoms with E-state index in [1.807, 2.05) is 0 Å². The quantitative estimate of drug-likeness (QED) is 0.913. The summed E-state index contributed by atoms with van der Waals surface area (Å²) < 4.78 is 12.9. The molecule has 0 unspecified atom stereocenters. The van der Waals surface area contributed by atoms with Gasteiger partial charge in [0.05, 0.1) is 17.7 Å². The summed E-state index contributed by atoms with van der Waals surface area (Å²) in [5.41, 5.74) is 6.91. The van der Waals surface area contributed by atoms with E-state index < -0.39 is 5.91 Å². The molecule has 3 rings (SSSR count). The molecule has 0 saturated carbocycles. The van der Waals surface area contributed by atoms with Gasteiger partial charge in [-0.15, -0.1) is 0 Å². The van der Waals surface area contributed by atoms with Crippen LogP contribution in [0.4, 0.5) is 4.39 Å². The number of aromatic nitrogens is 2. The SMILES string of the molecule is Cc1nc([C@H]2CCN(C(=O)Cc3ccc(F)cc3)C2)ncc1C(N)=O. The number of hydrogen-bond acceptors (Lipinski definition) is 4. The number of benzene rings is 1. The Morgan fingerprint density at radius 1 is 1.32 bits per heavy atom. The van der Waals surface area contributed by atoms with Crippen molar-refractivity contribution in [3.63, 3.8) is 0 Å². The van der Waals surface area contributed by atoms with Gasteiger partial charge in [-0.25, -0.2) is 14.4 Å². The van der Waals surface area contributed by atoms with Crippen molar-refractivity contribution in [2.45, 2.75) is 25.7 Å². The van der Waals surface area contributed by atoms with E-state index in [4.69, 9.17) is 5.73 Å². The van der Waals surface area contributed by atoms with Gasteiger partial charge in [0, 0.05) is 25.2 Å². The van der Waals surface area contributed by atoms with Gasteiger partial charge in [0.1, 0.15) is 11.6 Å². The summed E-state index contributed by atoms with van der Waals surface area (Å²) in [4.78, 5) is 34.1. The second-order valence-corrected chi connectivity index (χ2v) is 6.22. The zero-order valence-electron chi connectivity index (χ0n) is 13.9. The summed E-state index contributed by atoms with van der Waals surface area (Å²) in [6.45, 7) is 2.89. The Balaban J connectivity index is 1.65. The van der Waals surface area contributed by atoms with Gasteiger partial charge in [-0.3, -0.25) is 9.59 Å². The molecule has 1 aliphatic rings. The number of carbonyl (C=O) groups excluding carboxylic acids is 2. The van der Waals surface area contributed by atoms with Crippen molar-refractivity contribution in [3.05, 3.63) is 58.9 Å². The van der Waals surface area contributed by atoms with Crippen molar-refractivity contribution in [1.82, 2.24) is 14.9 Å². The molecule has 25 heavy (non-hydrogen) atoms. The molecule has 1 saturated heterocycles. The van der Waals surface area contributed by atoms with Crippen molar-refractivity contribution in [3.8, 4) is 0 Å². The van der Waals surface area contributed by atoms with Crippen LogP contribution in [0.25, 0.3) is 0 Å².